The molecule has 2 aromatic carbocycles. The molecule has 30 heavy (non-hydrogen) atoms. The summed E-state index contributed by atoms with van der Waals surface area (Å²) < 4.78 is 22.1. The number of aryl methyl sites for hydroxylation is 2. The Kier molecular flexibility index (Phi) is 7.45. The van der Waals surface area contributed by atoms with Gasteiger partial charge in [-0.05, 0) is 56.2 Å². The van der Waals surface area contributed by atoms with E-state index in [1.807, 2.05) is 37.5 Å². The number of hydrogen-bond acceptors (Lipinski definition) is 4. The standard InChI is InChI=1S/C22H22Cl2FN3OS/c1-5-9-28-21(15(4)29-16-10-13(2)20(24)14(3)11-16)26-27-22(28)30-12-17-18(23)7-6-8-19(17)25/h5-8,10-11,15H,1,9,12H2,2-4H3. The van der Waals surface area contributed by atoms with Crippen molar-refractivity contribution in [1.29, 1.82) is 0 Å². The van der Waals surface area contributed by atoms with Crippen LogP contribution in [0.1, 0.15) is 35.5 Å². The predicted octanol–water partition coefficient (Wildman–Crippen LogP) is 6.96. The van der Waals surface area contributed by atoms with Crippen LogP contribution >= 0.6 is 35.0 Å². The fourth-order valence-electron chi connectivity index (χ4n) is 3.05. The first-order valence-corrected chi connectivity index (χ1v) is 11.1. The van der Waals surface area contributed by atoms with E-state index in [-0.39, 0.29) is 11.9 Å². The SMILES string of the molecule is C=CCn1c(SCc2c(F)cccc2Cl)nnc1C(C)Oc1cc(C)c(Cl)c(C)c1. The fraction of sp³-hybridized carbons (Fsp3) is 0.273. The quantitative estimate of drug-likeness (QED) is 0.266. The first-order valence-electron chi connectivity index (χ1n) is 9.35. The number of rotatable bonds is 8. The molecule has 158 valence electrons. The monoisotopic (exact) mass is 465 g/mol. The third kappa shape index (κ3) is 4.99. The predicted molar refractivity (Wildman–Crippen MR) is 121 cm³/mol. The maximum Gasteiger partial charge on any atom is 0.191 e. The topological polar surface area (TPSA) is 39.9 Å². The molecular weight excluding hydrogens is 444 g/mol. The Morgan fingerprint density at radius 1 is 1.23 bits per heavy atom. The van der Waals surface area contributed by atoms with Crippen LogP contribution in [-0.2, 0) is 12.3 Å². The van der Waals surface area contributed by atoms with Crippen LogP contribution in [-0.4, -0.2) is 14.8 Å². The summed E-state index contributed by atoms with van der Waals surface area (Å²) in [5.74, 6) is 1.37. The van der Waals surface area contributed by atoms with Crippen LogP contribution in [0.3, 0.4) is 0 Å². The molecule has 3 rings (SSSR count). The van der Waals surface area contributed by atoms with Gasteiger partial charge >= 0.3 is 0 Å². The summed E-state index contributed by atoms with van der Waals surface area (Å²) in [4.78, 5) is 0. The molecule has 0 aliphatic heterocycles. The van der Waals surface area contributed by atoms with E-state index in [4.69, 9.17) is 27.9 Å². The van der Waals surface area contributed by atoms with Gasteiger partial charge in [0, 0.05) is 27.9 Å². The van der Waals surface area contributed by atoms with Crippen LogP contribution in [0.4, 0.5) is 4.39 Å². The molecule has 1 unspecified atom stereocenters. The molecule has 0 aliphatic carbocycles. The van der Waals surface area contributed by atoms with Gasteiger partial charge in [-0.1, -0.05) is 47.1 Å². The Bertz CT molecular complexity index is 1030. The molecule has 0 spiro atoms. The Morgan fingerprint density at radius 2 is 1.93 bits per heavy atom. The van der Waals surface area contributed by atoms with Crippen molar-refractivity contribution in [1.82, 2.24) is 14.8 Å². The normalized spacial score (nSPS) is 12.1. The van der Waals surface area contributed by atoms with Gasteiger partial charge in [0.2, 0.25) is 0 Å². The zero-order valence-corrected chi connectivity index (χ0v) is 19.3. The van der Waals surface area contributed by atoms with E-state index in [0.717, 1.165) is 16.1 Å². The summed E-state index contributed by atoms with van der Waals surface area (Å²) in [6, 6.07) is 8.45. The van der Waals surface area contributed by atoms with Crippen molar-refractivity contribution in [2.45, 2.75) is 44.3 Å². The van der Waals surface area contributed by atoms with Gasteiger partial charge in [0.1, 0.15) is 11.6 Å². The summed E-state index contributed by atoms with van der Waals surface area (Å²) in [5, 5.41) is 10.4. The molecule has 0 aliphatic rings. The minimum absolute atomic E-state index is 0.338. The molecule has 0 amide bonds. The fourth-order valence-corrected chi connectivity index (χ4v) is 4.45. The van der Waals surface area contributed by atoms with Crippen LogP contribution in [0.15, 0.2) is 48.1 Å². The van der Waals surface area contributed by atoms with E-state index < -0.39 is 0 Å². The summed E-state index contributed by atoms with van der Waals surface area (Å²) in [5.41, 5.74) is 2.34. The average Bonchev–Trinajstić information content (AvgIpc) is 3.09. The van der Waals surface area contributed by atoms with Gasteiger partial charge in [0.25, 0.3) is 0 Å². The number of hydrogen-bond donors (Lipinski definition) is 0. The second-order valence-electron chi connectivity index (χ2n) is 6.86. The lowest BCUT2D eigenvalue weighted by atomic mass is 10.1. The maximum atomic E-state index is 14.1. The van der Waals surface area contributed by atoms with Gasteiger partial charge in [0.15, 0.2) is 17.1 Å². The lowest BCUT2D eigenvalue weighted by Gasteiger charge is -2.17. The largest absolute Gasteiger partial charge is 0.483 e. The van der Waals surface area contributed by atoms with Gasteiger partial charge < -0.3 is 4.74 Å². The molecule has 0 saturated heterocycles. The highest BCUT2D eigenvalue weighted by atomic mass is 35.5. The van der Waals surface area contributed by atoms with Crippen LogP contribution in [0.25, 0.3) is 0 Å². The molecule has 3 aromatic rings. The highest BCUT2D eigenvalue weighted by Gasteiger charge is 2.20. The molecular formula is C22H22Cl2FN3OS. The molecule has 0 N–H and O–H groups in total. The van der Waals surface area contributed by atoms with Crippen molar-refractivity contribution < 1.29 is 9.13 Å². The number of thioether (sulfide) groups is 1. The molecule has 1 atom stereocenters. The van der Waals surface area contributed by atoms with Gasteiger partial charge in [0.05, 0.1) is 0 Å². The smallest absolute Gasteiger partial charge is 0.191 e. The van der Waals surface area contributed by atoms with Crippen molar-refractivity contribution in [2.75, 3.05) is 0 Å². The third-order valence-corrected chi connectivity index (χ3v) is 6.49. The number of aromatic nitrogens is 3. The Morgan fingerprint density at radius 3 is 2.57 bits per heavy atom. The lowest BCUT2D eigenvalue weighted by Crippen LogP contribution is -2.12. The van der Waals surface area contributed by atoms with Gasteiger partial charge in [-0.2, -0.15) is 0 Å². The molecule has 0 radical (unpaired) electrons. The highest BCUT2D eigenvalue weighted by molar-refractivity contribution is 7.98. The lowest BCUT2D eigenvalue weighted by molar-refractivity contribution is 0.210. The zero-order chi connectivity index (χ0) is 21.8. The number of ether oxygens (including phenoxy) is 1. The van der Waals surface area contributed by atoms with Gasteiger partial charge in [-0.3, -0.25) is 4.57 Å². The van der Waals surface area contributed by atoms with Crippen LogP contribution in [0, 0.1) is 19.7 Å². The van der Waals surface area contributed by atoms with Gasteiger partial charge in [-0.15, -0.1) is 16.8 Å². The summed E-state index contributed by atoms with van der Waals surface area (Å²) in [6.07, 6.45) is 1.40. The van der Waals surface area contributed by atoms with Crippen molar-refractivity contribution >= 4 is 35.0 Å². The van der Waals surface area contributed by atoms with Crippen LogP contribution in [0.2, 0.25) is 10.0 Å². The second-order valence-corrected chi connectivity index (χ2v) is 8.59. The number of benzene rings is 2. The number of nitrogens with zero attached hydrogens (tertiary/aromatic N) is 3. The molecule has 0 fully saturated rings. The van der Waals surface area contributed by atoms with E-state index in [0.29, 0.717) is 39.6 Å². The molecule has 0 bridgehead atoms. The minimum atomic E-state index is -0.358. The molecule has 0 saturated carbocycles. The van der Waals surface area contributed by atoms with Crippen molar-refractivity contribution in [3.05, 3.63) is 81.4 Å². The Labute approximate surface area is 190 Å². The first-order chi connectivity index (χ1) is 14.3. The Balaban J connectivity index is 1.82. The maximum absolute atomic E-state index is 14.1. The summed E-state index contributed by atoms with van der Waals surface area (Å²) in [7, 11) is 0. The molecule has 8 heteroatoms. The minimum Gasteiger partial charge on any atom is -0.483 e. The molecule has 1 heterocycles. The second kappa shape index (κ2) is 9.86. The van der Waals surface area contributed by atoms with E-state index >= 15 is 0 Å². The average molecular weight is 466 g/mol. The van der Waals surface area contributed by atoms with Crippen molar-refractivity contribution in [3.63, 3.8) is 0 Å². The van der Waals surface area contributed by atoms with Crippen LogP contribution < -0.4 is 4.74 Å². The van der Waals surface area contributed by atoms with E-state index in [9.17, 15) is 4.39 Å². The summed E-state index contributed by atoms with van der Waals surface area (Å²) >= 11 is 13.7. The molecule has 4 nitrogen and oxygen atoms in total. The zero-order valence-electron chi connectivity index (χ0n) is 17.0. The Hall–Kier alpha value is -2.02. The van der Waals surface area contributed by atoms with E-state index in [1.165, 1.54) is 17.8 Å². The van der Waals surface area contributed by atoms with Crippen molar-refractivity contribution in [2.24, 2.45) is 0 Å². The van der Waals surface area contributed by atoms with Crippen LogP contribution in [0.5, 0.6) is 5.75 Å². The van der Waals surface area contributed by atoms with E-state index in [1.54, 1.807) is 18.2 Å². The number of halogens is 3. The van der Waals surface area contributed by atoms with Gasteiger partial charge in [-0.25, -0.2) is 4.39 Å². The van der Waals surface area contributed by atoms with E-state index in [2.05, 4.69) is 16.8 Å². The summed E-state index contributed by atoms with van der Waals surface area (Å²) in [6.45, 7) is 10.1. The highest BCUT2D eigenvalue weighted by Crippen LogP contribution is 2.31. The molecule has 1 aromatic heterocycles. The van der Waals surface area contributed by atoms with Crippen molar-refractivity contribution in [3.8, 4) is 5.75 Å². The first kappa shape index (κ1) is 22.7. The number of allylic oxidation sites excluding steroid dienone is 1. The third-order valence-electron chi connectivity index (χ3n) is 4.55.